The Labute approximate surface area is 116 Å². The van der Waals surface area contributed by atoms with Crippen LogP contribution in [0.1, 0.15) is 11.7 Å². The van der Waals surface area contributed by atoms with Crippen LogP contribution in [0.25, 0.3) is 0 Å². The second-order valence-corrected chi connectivity index (χ2v) is 3.30. The molecule has 0 aliphatic heterocycles. The molecule has 0 radical (unpaired) electrons. The quantitative estimate of drug-likeness (QED) is 0.488. The van der Waals surface area contributed by atoms with Crippen LogP contribution in [-0.4, -0.2) is 17.2 Å². The maximum atomic E-state index is 13.1. The van der Waals surface area contributed by atoms with Gasteiger partial charge in [-0.05, 0) is 17.7 Å². The molecule has 0 saturated carbocycles. The number of anilines is 1. The van der Waals surface area contributed by atoms with Gasteiger partial charge in [0, 0.05) is 0 Å². The van der Waals surface area contributed by atoms with Gasteiger partial charge < -0.3 is 10.8 Å². The van der Waals surface area contributed by atoms with Crippen LogP contribution in [0.3, 0.4) is 0 Å². The molecule has 1 unspecified atom stereocenters. The first kappa shape index (κ1) is 20.3. The van der Waals surface area contributed by atoms with Crippen molar-refractivity contribution in [2.24, 2.45) is 0 Å². The van der Waals surface area contributed by atoms with E-state index in [1.807, 2.05) is 0 Å². The van der Waals surface area contributed by atoms with Gasteiger partial charge in [-0.25, -0.2) is 4.39 Å². The van der Waals surface area contributed by atoms with Gasteiger partial charge in [0.25, 0.3) is 0 Å². The average Bonchev–Trinajstić information content (AvgIpc) is 2.19. The number of hydrogen-bond acceptors (Lipinski definition) is 2. The van der Waals surface area contributed by atoms with E-state index in [4.69, 9.17) is 10.8 Å². The molecule has 0 aromatic heterocycles. The summed E-state index contributed by atoms with van der Waals surface area (Å²) in [6, 6.07) is 1.87. The normalized spacial score (nSPS) is 13.2. The fourth-order valence-corrected chi connectivity index (χ4v) is 1.08. The maximum Gasteiger partial charge on any atom is 0.456 e. The van der Waals surface area contributed by atoms with Crippen LogP contribution in [0.15, 0.2) is 18.2 Å². The molecule has 0 spiro atoms. The van der Waals surface area contributed by atoms with Gasteiger partial charge in [0.15, 0.2) is 6.17 Å². The number of aromatic hydroxyl groups is 1. The molecule has 19 heavy (non-hydrogen) atoms. The SMILES string of the molecule is Cl.Cl.Nc1cc(C(F)C(F)(F)C(F)(F)F)ccc1O. The lowest BCUT2D eigenvalue weighted by Gasteiger charge is -2.23. The third-order valence-electron chi connectivity index (χ3n) is 2.04. The predicted molar refractivity (Wildman–Crippen MR) is 61.9 cm³/mol. The monoisotopic (exact) mass is 331 g/mol. The smallest absolute Gasteiger partial charge is 0.456 e. The van der Waals surface area contributed by atoms with Gasteiger partial charge in [-0.3, -0.25) is 0 Å². The number of alkyl halides is 6. The molecule has 10 heteroatoms. The first-order valence-electron chi connectivity index (χ1n) is 4.24. The number of halogens is 8. The van der Waals surface area contributed by atoms with E-state index in [9.17, 15) is 26.3 Å². The fraction of sp³-hybridized carbons (Fsp3) is 0.333. The molecule has 3 N–H and O–H groups in total. The highest BCUT2D eigenvalue weighted by Gasteiger charge is 2.63. The topological polar surface area (TPSA) is 46.2 Å². The standard InChI is InChI=1S/C9H7F6NO.2ClH/c10-7(8(11,12)9(13,14)15)4-1-2-6(17)5(16)3-4;;/h1-3,7,17H,16H2;2*1H. The highest BCUT2D eigenvalue weighted by Crippen LogP contribution is 2.47. The summed E-state index contributed by atoms with van der Waals surface area (Å²) in [4.78, 5) is 0. The van der Waals surface area contributed by atoms with Crippen molar-refractivity contribution in [3.63, 3.8) is 0 Å². The molecule has 0 heterocycles. The zero-order chi connectivity index (χ0) is 13.4. The first-order chi connectivity index (χ1) is 7.57. The Balaban J connectivity index is 0. The summed E-state index contributed by atoms with van der Waals surface area (Å²) in [6.07, 6.45) is -9.58. The van der Waals surface area contributed by atoms with Gasteiger partial charge in [0.05, 0.1) is 5.69 Å². The van der Waals surface area contributed by atoms with Crippen molar-refractivity contribution < 1.29 is 31.4 Å². The lowest BCUT2D eigenvalue weighted by Crippen LogP contribution is -2.40. The van der Waals surface area contributed by atoms with E-state index in [0.717, 1.165) is 6.07 Å². The number of benzene rings is 1. The third kappa shape index (κ3) is 3.97. The van der Waals surface area contributed by atoms with Crippen LogP contribution in [-0.2, 0) is 0 Å². The van der Waals surface area contributed by atoms with E-state index in [2.05, 4.69) is 0 Å². The number of phenols is 1. The van der Waals surface area contributed by atoms with Crippen molar-refractivity contribution in [2.75, 3.05) is 5.73 Å². The molecule has 1 aromatic rings. The summed E-state index contributed by atoms with van der Waals surface area (Å²) in [5, 5.41) is 8.93. The number of phenolic OH excluding ortho intramolecular Hbond substituents is 1. The number of nitrogen functional groups attached to an aromatic ring is 1. The average molecular weight is 332 g/mol. The maximum absolute atomic E-state index is 13.1. The molecule has 1 atom stereocenters. The molecular weight excluding hydrogens is 323 g/mol. The van der Waals surface area contributed by atoms with Crippen molar-refractivity contribution in [1.29, 1.82) is 0 Å². The van der Waals surface area contributed by atoms with Gasteiger partial charge in [-0.15, -0.1) is 24.8 Å². The highest BCUT2D eigenvalue weighted by atomic mass is 35.5. The first-order valence-corrected chi connectivity index (χ1v) is 4.24. The Morgan fingerprint density at radius 2 is 1.53 bits per heavy atom. The van der Waals surface area contributed by atoms with Crippen LogP contribution >= 0.6 is 24.8 Å². The molecule has 0 saturated heterocycles. The minimum Gasteiger partial charge on any atom is -0.506 e. The number of nitrogens with two attached hydrogens (primary N) is 1. The minimum absolute atomic E-state index is 0. The molecule has 0 bridgehead atoms. The summed E-state index contributed by atoms with van der Waals surface area (Å²) in [5.74, 6) is -6.05. The Hall–Kier alpha value is -1.02. The summed E-state index contributed by atoms with van der Waals surface area (Å²) in [6.45, 7) is 0. The predicted octanol–water partition coefficient (Wildman–Crippen LogP) is 4.03. The zero-order valence-electron chi connectivity index (χ0n) is 8.92. The molecule has 0 fully saturated rings. The van der Waals surface area contributed by atoms with Gasteiger partial charge >= 0.3 is 12.1 Å². The van der Waals surface area contributed by atoms with E-state index >= 15 is 0 Å². The minimum atomic E-state index is -6.00. The summed E-state index contributed by atoms with van der Waals surface area (Å²) in [7, 11) is 0. The molecule has 0 amide bonds. The Bertz CT molecular complexity index is 426. The lowest BCUT2D eigenvalue weighted by molar-refractivity contribution is -0.305. The van der Waals surface area contributed by atoms with Crippen LogP contribution in [0.2, 0.25) is 0 Å². The summed E-state index contributed by atoms with van der Waals surface area (Å²) >= 11 is 0. The molecular formula is C9H9Cl2F6NO. The van der Waals surface area contributed by atoms with E-state index in [0.29, 0.717) is 12.1 Å². The number of hydrogen-bond donors (Lipinski definition) is 2. The lowest BCUT2D eigenvalue weighted by atomic mass is 10.0. The Morgan fingerprint density at radius 3 is 1.89 bits per heavy atom. The Morgan fingerprint density at radius 1 is 1.05 bits per heavy atom. The van der Waals surface area contributed by atoms with E-state index in [1.54, 1.807) is 0 Å². The van der Waals surface area contributed by atoms with Gasteiger partial charge in [-0.2, -0.15) is 22.0 Å². The van der Waals surface area contributed by atoms with Crippen LogP contribution < -0.4 is 5.73 Å². The fourth-order valence-electron chi connectivity index (χ4n) is 1.08. The van der Waals surface area contributed by atoms with E-state index in [1.165, 1.54) is 0 Å². The van der Waals surface area contributed by atoms with E-state index < -0.39 is 35.3 Å². The third-order valence-corrected chi connectivity index (χ3v) is 2.04. The van der Waals surface area contributed by atoms with Crippen molar-refractivity contribution in [3.8, 4) is 5.75 Å². The highest BCUT2D eigenvalue weighted by molar-refractivity contribution is 5.85. The van der Waals surface area contributed by atoms with E-state index in [-0.39, 0.29) is 24.8 Å². The molecule has 1 aromatic carbocycles. The second kappa shape index (κ2) is 6.42. The largest absolute Gasteiger partial charge is 0.506 e. The van der Waals surface area contributed by atoms with Gasteiger partial charge in [-0.1, -0.05) is 6.07 Å². The van der Waals surface area contributed by atoms with Crippen LogP contribution in [0, 0.1) is 0 Å². The van der Waals surface area contributed by atoms with Crippen molar-refractivity contribution in [3.05, 3.63) is 23.8 Å². The number of rotatable bonds is 2. The van der Waals surface area contributed by atoms with Crippen LogP contribution in [0.5, 0.6) is 5.75 Å². The van der Waals surface area contributed by atoms with Crippen LogP contribution in [0.4, 0.5) is 32.0 Å². The van der Waals surface area contributed by atoms with Crippen molar-refractivity contribution in [1.82, 2.24) is 0 Å². The van der Waals surface area contributed by atoms with Crippen molar-refractivity contribution >= 4 is 30.5 Å². The van der Waals surface area contributed by atoms with Gasteiger partial charge in [0.1, 0.15) is 5.75 Å². The summed E-state index contributed by atoms with van der Waals surface area (Å²) < 4.78 is 74.0. The molecule has 112 valence electrons. The molecule has 0 aliphatic rings. The molecule has 0 aliphatic carbocycles. The summed E-state index contributed by atoms with van der Waals surface area (Å²) in [5.41, 5.74) is 3.63. The molecule has 2 nitrogen and oxygen atoms in total. The Kier molecular flexibility index (Phi) is 6.86. The molecule has 1 rings (SSSR count). The van der Waals surface area contributed by atoms with Crippen molar-refractivity contribution in [2.45, 2.75) is 18.3 Å². The zero-order valence-corrected chi connectivity index (χ0v) is 10.6. The van der Waals surface area contributed by atoms with Gasteiger partial charge in [0.2, 0.25) is 0 Å². The second-order valence-electron chi connectivity index (χ2n) is 3.30.